The van der Waals surface area contributed by atoms with Gasteiger partial charge in [0, 0.05) is 38.0 Å². The van der Waals surface area contributed by atoms with Gasteiger partial charge in [0.25, 0.3) is 0 Å². The molecule has 1 aliphatic rings. The van der Waals surface area contributed by atoms with Crippen LogP contribution in [0, 0.1) is 0 Å². The smallest absolute Gasteiger partial charge is 0.328 e. The molecule has 50 heavy (non-hydrogen) atoms. The van der Waals surface area contributed by atoms with Crippen molar-refractivity contribution >= 4 is 12.0 Å². The Balaban J connectivity index is 1.22. The van der Waals surface area contributed by atoms with Crippen molar-refractivity contribution in [1.29, 1.82) is 0 Å². The molecule has 5 N–H and O–H groups in total. The lowest BCUT2D eigenvalue weighted by molar-refractivity contribution is -0.252. The van der Waals surface area contributed by atoms with Crippen molar-refractivity contribution in [3.8, 4) is 5.75 Å². The van der Waals surface area contributed by atoms with Gasteiger partial charge in [0.05, 0.1) is 32.0 Å². The summed E-state index contributed by atoms with van der Waals surface area (Å²) >= 11 is 0. The number of urea groups is 1. The number of phenolic OH excluding ortho intramolecular Hbond substituents is 1. The van der Waals surface area contributed by atoms with Crippen LogP contribution in [0.4, 0.5) is 4.79 Å². The van der Waals surface area contributed by atoms with E-state index in [4.69, 9.17) is 14.2 Å². The molecule has 0 unspecified atom stereocenters. The molecule has 0 radical (unpaired) electrons. The number of rotatable bonds is 14. The van der Waals surface area contributed by atoms with Gasteiger partial charge >= 0.3 is 12.0 Å². The molecule has 1 aliphatic heterocycles. The molecule has 5 atom stereocenters. The number of hydrogen-bond donors (Lipinski definition) is 5. The van der Waals surface area contributed by atoms with Gasteiger partial charge < -0.3 is 45.1 Å². The van der Waals surface area contributed by atoms with Crippen molar-refractivity contribution in [3.05, 3.63) is 137 Å². The number of aliphatic hydroxyl groups is 2. The first kappa shape index (κ1) is 36.5. The van der Waals surface area contributed by atoms with Gasteiger partial charge in [-0.3, -0.25) is 0 Å². The van der Waals surface area contributed by atoms with Crippen molar-refractivity contribution in [2.24, 2.45) is 0 Å². The van der Waals surface area contributed by atoms with Crippen LogP contribution in [0.15, 0.2) is 103 Å². The lowest BCUT2D eigenvalue weighted by Gasteiger charge is -2.38. The molecule has 11 heteroatoms. The number of phenols is 1. The second-order valence-corrected chi connectivity index (χ2v) is 12.5. The monoisotopic (exact) mass is 683 g/mol. The molecule has 4 aromatic rings. The van der Waals surface area contributed by atoms with E-state index in [0.717, 1.165) is 27.8 Å². The maximum absolute atomic E-state index is 12.7. The number of likely N-dealkylation sites (N-methyl/N-ethyl adjacent to an activating group) is 1. The number of nitrogens with zero attached hydrogens (tertiary/aromatic N) is 1. The highest BCUT2D eigenvalue weighted by atomic mass is 16.7. The Labute approximate surface area is 292 Å². The molecule has 1 saturated heterocycles. The first-order valence-corrected chi connectivity index (χ1v) is 16.6. The molecule has 1 heterocycles. The largest absolute Gasteiger partial charge is 0.508 e. The van der Waals surface area contributed by atoms with Crippen LogP contribution in [0.1, 0.15) is 58.3 Å². The van der Waals surface area contributed by atoms with E-state index < -0.39 is 30.4 Å². The molecule has 264 valence electrons. The molecular formula is C39H45N3O8. The number of aromatic hydroxyl groups is 1. The summed E-state index contributed by atoms with van der Waals surface area (Å²) in [5.74, 6) is -0.424. The number of ether oxygens (including phenoxy) is 3. The second-order valence-electron chi connectivity index (χ2n) is 12.5. The average molecular weight is 684 g/mol. The van der Waals surface area contributed by atoms with Gasteiger partial charge in [-0.25, -0.2) is 9.59 Å². The second kappa shape index (κ2) is 17.7. The van der Waals surface area contributed by atoms with E-state index in [1.807, 2.05) is 90.8 Å². The van der Waals surface area contributed by atoms with Gasteiger partial charge in [0.15, 0.2) is 6.29 Å². The summed E-state index contributed by atoms with van der Waals surface area (Å²) in [6, 6.07) is 29.9. The minimum absolute atomic E-state index is 0.0467. The van der Waals surface area contributed by atoms with Gasteiger partial charge in [0.2, 0.25) is 0 Å². The molecule has 0 saturated carbocycles. The first-order valence-electron chi connectivity index (χ1n) is 16.6. The summed E-state index contributed by atoms with van der Waals surface area (Å²) in [6.45, 7) is 1.04. The highest BCUT2D eigenvalue weighted by Gasteiger charge is 2.33. The molecule has 11 nitrogen and oxygen atoms in total. The topological polar surface area (TPSA) is 150 Å². The van der Waals surface area contributed by atoms with Gasteiger partial charge in [-0.15, -0.1) is 0 Å². The number of aliphatic hydroxyl groups excluding tert-OH is 2. The van der Waals surface area contributed by atoms with Crippen LogP contribution < -0.4 is 10.6 Å². The van der Waals surface area contributed by atoms with Crippen LogP contribution in [0.25, 0.3) is 0 Å². The van der Waals surface area contributed by atoms with Crippen LogP contribution in [0.2, 0.25) is 0 Å². The molecule has 4 aromatic carbocycles. The lowest BCUT2D eigenvalue weighted by Crippen LogP contribution is -2.47. The van der Waals surface area contributed by atoms with E-state index in [9.17, 15) is 24.9 Å². The highest BCUT2D eigenvalue weighted by Crippen LogP contribution is 2.38. The normalized spacial score (nSPS) is 18.6. The van der Waals surface area contributed by atoms with Crippen LogP contribution in [-0.2, 0) is 38.6 Å². The van der Waals surface area contributed by atoms with E-state index in [-0.39, 0.29) is 31.1 Å². The van der Waals surface area contributed by atoms with Crippen LogP contribution >= 0.6 is 0 Å². The van der Waals surface area contributed by atoms with Crippen LogP contribution in [0.5, 0.6) is 5.75 Å². The van der Waals surface area contributed by atoms with Crippen molar-refractivity contribution in [1.82, 2.24) is 15.5 Å². The molecule has 0 bridgehead atoms. The van der Waals surface area contributed by atoms with Gasteiger partial charge in [-0.2, -0.15) is 0 Å². The zero-order valence-electron chi connectivity index (χ0n) is 28.3. The molecule has 2 amide bonds. The quantitative estimate of drug-likeness (QED) is 0.120. The number of carbonyl (C=O) groups excluding carboxylic acids is 2. The maximum Gasteiger partial charge on any atom is 0.328 e. The Morgan fingerprint density at radius 3 is 2.28 bits per heavy atom. The van der Waals surface area contributed by atoms with Crippen molar-refractivity contribution in [2.45, 2.75) is 56.6 Å². The third-order valence-corrected chi connectivity index (χ3v) is 8.65. The summed E-state index contributed by atoms with van der Waals surface area (Å²) in [4.78, 5) is 27.1. The van der Waals surface area contributed by atoms with Crippen LogP contribution in [-0.4, -0.2) is 71.6 Å². The zero-order chi connectivity index (χ0) is 35.5. The number of benzene rings is 4. The van der Waals surface area contributed by atoms with Gasteiger partial charge in [-0.1, -0.05) is 91.0 Å². The summed E-state index contributed by atoms with van der Waals surface area (Å²) in [5.41, 5.74) is 4.95. The lowest BCUT2D eigenvalue weighted by atomic mass is 9.99. The Morgan fingerprint density at radius 1 is 0.900 bits per heavy atom. The van der Waals surface area contributed by atoms with E-state index >= 15 is 0 Å². The van der Waals surface area contributed by atoms with Gasteiger partial charge in [0.1, 0.15) is 11.8 Å². The summed E-state index contributed by atoms with van der Waals surface area (Å²) in [7, 11) is 3.21. The van der Waals surface area contributed by atoms with Gasteiger partial charge in [-0.05, 0) is 47.0 Å². The third-order valence-electron chi connectivity index (χ3n) is 8.65. The number of hydrogen-bond acceptors (Lipinski definition) is 9. The van der Waals surface area contributed by atoms with Crippen LogP contribution in [0.3, 0.4) is 0 Å². The SMILES string of the molecule is COC(=O)[C@H](Cc1ccccc1)NC(=O)NCc1ccc([C@H]2O[C@@H](CN(C)C[C@@H](O)c3cccc(O)c3)C[C@@H](c3ccc(CO)cc3)O2)cc1. The minimum Gasteiger partial charge on any atom is -0.508 e. The maximum atomic E-state index is 12.7. The standard InChI is InChI=1S/C39H45N3O8/c1-42(24-35(45)31-9-6-10-32(44)20-31)23-33-21-36(29-15-13-28(25-43)14-16-29)50-38(49-33)30-17-11-27(12-18-30)22-40-39(47)41-34(37(46)48-2)19-26-7-4-3-5-8-26/h3-18,20,33-36,38,43-45H,19,21-25H2,1-2H3,(H2,40,41,47)/t33-,34+,35-,36+,38+/m1/s1. The molecule has 5 rings (SSSR count). The zero-order valence-corrected chi connectivity index (χ0v) is 28.3. The first-order chi connectivity index (χ1) is 24.2. The van der Waals surface area contributed by atoms with Crippen molar-refractivity contribution in [3.63, 3.8) is 0 Å². The Bertz CT molecular complexity index is 1670. The number of methoxy groups -OCH3 is 1. The summed E-state index contributed by atoms with van der Waals surface area (Å²) in [5, 5.41) is 35.7. The fourth-order valence-electron chi connectivity index (χ4n) is 5.96. The fraction of sp³-hybridized carbons (Fsp3) is 0.333. The van der Waals surface area contributed by atoms with Crippen molar-refractivity contribution in [2.75, 3.05) is 27.2 Å². The summed E-state index contributed by atoms with van der Waals surface area (Å²) in [6.07, 6.45) is -1.10. The average Bonchev–Trinajstić information content (AvgIpc) is 3.13. The van der Waals surface area contributed by atoms with E-state index in [2.05, 4.69) is 10.6 Å². The molecule has 0 aromatic heterocycles. The highest BCUT2D eigenvalue weighted by molar-refractivity contribution is 5.83. The number of nitrogens with one attached hydrogen (secondary N) is 2. The fourth-order valence-corrected chi connectivity index (χ4v) is 5.96. The molecular weight excluding hydrogens is 638 g/mol. The van der Waals surface area contributed by atoms with Crippen molar-refractivity contribution < 1.29 is 39.1 Å². The van der Waals surface area contributed by atoms with E-state index in [0.29, 0.717) is 31.5 Å². The minimum atomic E-state index is -0.833. The third kappa shape index (κ3) is 10.4. The van der Waals surface area contributed by atoms with E-state index in [1.54, 1.807) is 24.3 Å². The molecule has 0 spiro atoms. The number of esters is 1. The number of carbonyl (C=O) groups is 2. The predicted molar refractivity (Wildman–Crippen MR) is 187 cm³/mol. The Kier molecular flexibility index (Phi) is 13.0. The predicted octanol–water partition coefficient (Wildman–Crippen LogP) is 4.68. The summed E-state index contributed by atoms with van der Waals surface area (Å²) < 4.78 is 17.8. The Morgan fingerprint density at radius 2 is 1.60 bits per heavy atom. The van der Waals surface area contributed by atoms with E-state index in [1.165, 1.54) is 7.11 Å². The molecule has 0 aliphatic carbocycles. The molecule has 1 fully saturated rings. The Hall–Kier alpha value is -4.78. The number of amides is 2.